The normalized spacial score (nSPS) is 11.1. The van der Waals surface area contributed by atoms with E-state index in [4.69, 9.17) is 0 Å². The van der Waals surface area contributed by atoms with Gasteiger partial charge in [0.1, 0.15) is 0 Å². The fourth-order valence-corrected chi connectivity index (χ4v) is 12.4. The molecule has 26 heavy (non-hydrogen) atoms. The number of hydrogen-bond acceptors (Lipinski definition) is 0. The van der Waals surface area contributed by atoms with E-state index >= 15 is 0 Å². The van der Waals surface area contributed by atoms with Crippen LogP contribution in [0.4, 0.5) is 0 Å². The Hall–Kier alpha value is 1.40. The molecule has 0 aliphatic heterocycles. The second kappa shape index (κ2) is 26.4. The van der Waals surface area contributed by atoms with Gasteiger partial charge < -0.3 is 0 Å². The van der Waals surface area contributed by atoms with E-state index in [9.17, 15) is 0 Å². The molecule has 0 N–H and O–H groups in total. The van der Waals surface area contributed by atoms with Crippen LogP contribution < -0.4 is 0 Å². The van der Waals surface area contributed by atoms with Crippen LogP contribution in [0.3, 0.4) is 0 Å². The van der Waals surface area contributed by atoms with Crippen molar-refractivity contribution in [3.05, 3.63) is 0 Å². The molecule has 0 aliphatic carbocycles. The van der Waals surface area contributed by atoms with E-state index in [1.807, 2.05) is 0 Å². The molecular formula is C24H51LiSn. The minimum Gasteiger partial charge on any atom is 0 e. The summed E-state index contributed by atoms with van der Waals surface area (Å²) in [7, 11) is 0. The van der Waals surface area contributed by atoms with Gasteiger partial charge in [-0.3, -0.25) is 0 Å². The molecule has 0 spiro atoms. The third-order valence-electron chi connectivity index (χ3n) is 5.65. The molecule has 0 aromatic heterocycles. The molecule has 0 saturated heterocycles. The molecule has 0 heterocycles. The summed E-state index contributed by atoms with van der Waals surface area (Å²) in [5.41, 5.74) is 0. The molecule has 0 unspecified atom stereocenters. The van der Waals surface area contributed by atoms with Gasteiger partial charge in [-0.2, -0.15) is 0 Å². The van der Waals surface area contributed by atoms with Gasteiger partial charge in [-0.15, -0.1) is 0 Å². The maximum Gasteiger partial charge on any atom is 0 e. The van der Waals surface area contributed by atoms with Crippen LogP contribution >= 0.6 is 0 Å². The maximum absolute atomic E-state index is 2.33. The predicted molar refractivity (Wildman–Crippen MR) is 126 cm³/mol. The first-order chi connectivity index (χ1) is 12.3. The molecule has 0 aromatic carbocycles. The summed E-state index contributed by atoms with van der Waals surface area (Å²) in [6.07, 6.45) is 26.9. The zero-order valence-electron chi connectivity index (χ0n) is 19.3. The number of rotatable bonds is 21. The fourth-order valence-electron chi connectivity index (χ4n) is 3.84. The van der Waals surface area contributed by atoms with Gasteiger partial charge in [-0.1, -0.05) is 0 Å². The van der Waals surface area contributed by atoms with Gasteiger partial charge in [0.2, 0.25) is 0 Å². The molecule has 0 rings (SSSR count). The van der Waals surface area contributed by atoms with Gasteiger partial charge in [-0.05, 0) is 0 Å². The van der Waals surface area contributed by atoms with Crippen LogP contribution in [-0.2, 0) is 0 Å². The predicted octanol–water partition coefficient (Wildman–Crippen LogP) is 9.18. The van der Waals surface area contributed by atoms with Crippen molar-refractivity contribution in [1.82, 2.24) is 0 Å². The largest absolute Gasteiger partial charge is 0 e. The smallest absolute Gasteiger partial charge is 0 e. The molecule has 0 fully saturated rings. The Balaban J connectivity index is 0. The van der Waals surface area contributed by atoms with Crippen molar-refractivity contribution in [2.45, 2.75) is 150 Å². The molecule has 2 heteroatoms. The molecule has 0 nitrogen and oxygen atoms in total. The second-order valence-electron chi connectivity index (χ2n) is 8.30. The Morgan fingerprint density at radius 2 is 0.577 bits per heavy atom. The summed E-state index contributed by atoms with van der Waals surface area (Å²) in [5.74, 6) is 0. The third kappa shape index (κ3) is 23.4. The maximum atomic E-state index is 2.33. The van der Waals surface area contributed by atoms with Crippen molar-refractivity contribution in [3.63, 3.8) is 0 Å². The first-order valence-corrected chi connectivity index (χ1v) is 18.2. The first kappa shape index (κ1) is 29.6. The Kier molecular flexibility index (Phi) is 30.0. The van der Waals surface area contributed by atoms with E-state index in [1.165, 1.54) is 96.3 Å². The van der Waals surface area contributed by atoms with Crippen molar-refractivity contribution in [1.29, 1.82) is 0 Å². The summed E-state index contributed by atoms with van der Waals surface area (Å²) in [6.45, 7) is 6.98. The minimum absolute atomic E-state index is 0. The molecule has 152 valence electrons. The Morgan fingerprint density at radius 1 is 0.346 bits per heavy atom. The van der Waals surface area contributed by atoms with E-state index in [1.54, 1.807) is 32.6 Å². The monoisotopic (exact) mass is 466 g/mol. The topological polar surface area (TPSA) is 0 Å². The van der Waals surface area contributed by atoms with Crippen LogP contribution in [-0.4, -0.2) is 38.6 Å². The van der Waals surface area contributed by atoms with Crippen LogP contribution in [0.5, 0.6) is 0 Å². The Labute approximate surface area is 187 Å². The van der Waals surface area contributed by atoms with Crippen LogP contribution in [0.1, 0.15) is 136 Å². The molecule has 0 aromatic rings. The van der Waals surface area contributed by atoms with E-state index in [0.29, 0.717) is 0 Å². The van der Waals surface area contributed by atoms with Gasteiger partial charge in [0.25, 0.3) is 0 Å². The fraction of sp³-hybridized carbons (Fsp3) is 1.00. The van der Waals surface area contributed by atoms with Crippen LogP contribution in [0.25, 0.3) is 0 Å². The van der Waals surface area contributed by atoms with Gasteiger partial charge in [0.15, 0.2) is 0 Å². The average molecular weight is 465 g/mol. The summed E-state index contributed by atoms with van der Waals surface area (Å²) in [4.78, 5) is 0. The van der Waals surface area contributed by atoms with Crippen molar-refractivity contribution < 1.29 is 0 Å². The number of hydrogen-bond donors (Lipinski definition) is 0. The van der Waals surface area contributed by atoms with Crippen LogP contribution in [0.15, 0.2) is 0 Å². The van der Waals surface area contributed by atoms with Gasteiger partial charge in [-0.25, -0.2) is 0 Å². The van der Waals surface area contributed by atoms with E-state index in [0.717, 1.165) is 0 Å². The summed E-state index contributed by atoms with van der Waals surface area (Å²) in [6, 6.07) is 0. The second-order valence-corrected chi connectivity index (χ2v) is 16.9. The van der Waals surface area contributed by atoms with Crippen LogP contribution in [0.2, 0.25) is 13.3 Å². The van der Waals surface area contributed by atoms with Gasteiger partial charge in [0.05, 0.1) is 0 Å². The van der Waals surface area contributed by atoms with E-state index in [-0.39, 0.29) is 18.9 Å². The molecule has 0 atom stereocenters. The zero-order chi connectivity index (χ0) is 18.4. The first-order valence-electron chi connectivity index (χ1n) is 12.2. The molecule has 0 amide bonds. The average Bonchev–Trinajstić information content (AvgIpc) is 2.63. The summed E-state index contributed by atoms with van der Waals surface area (Å²) < 4.78 is 5.16. The van der Waals surface area contributed by atoms with Crippen molar-refractivity contribution in [3.8, 4) is 0 Å². The quantitative estimate of drug-likeness (QED) is 0.117. The van der Waals surface area contributed by atoms with Crippen molar-refractivity contribution in [2.75, 3.05) is 0 Å². The summed E-state index contributed by atoms with van der Waals surface area (Å²) in [5, 5.41) is 0. The van der Waals surface area contributed by atoms with Crippen molar-refractivity contribution in [2.24, 2.45) is 0 Å². The van der Waals surface area contributed by atoms with Crippen molar-refractivity contribution >= 4 is 38.6 Å². The molecule has 0 aliphatic rings. The SMILES string of the molecule is CCCCCCC[CH2][Sn]([CH2]CCCCCCC)[CH2]CCCCCCC.[Li]. The molecule has 0 bridgehead atoms. The minimum atomic E-state index is -1.02. The zero-order valence-corrected chi connectivity index (χ0v) is 22.2. The van der Waals surface area contributed by atoms with Crippen LogP contribution in [0, 0.1) is 0 Å². The number of unbranched alkanes of at least 4 members (excludes halogenated alkanes) is 15. The molecule has 0 saturated carbocycles. The Morgan fingerprint density at radius 3 is 0.846 bits per heavy atom. The summed E-state index contributed by atoms with van der Waals surface area (Å²) >= 11 is -1.02. The Bertz CT molecular complexity index is 194. The third-order valence-corrected chi connectivity index (χ3v) is 14.7. The molecule has 2 radical (unpaired) electrons. The van der Waals surface area contributed by atoms with Gasteiger partial charge in [0, 0.05) is 18.9 Å². The standard InChI is InChI=1S/3C8H17.Li.Sn/c3*1-3-5-7-8-6-4-2;;/h3*1,3-8H2,2H3;;. The van der Waals surface area contributed by atoms with E-state index < -0.39 is 19.8 Å². The van der Waals surface area contributed by atoms with Gasteiger partial charge >= 0.3 is 169 Å². The molecular weight excluding hydrogens is 414 g/mol. The van der Waals surface area contributed by atoms with E-state index in [2.05, 4.69) is 20.8 Å².